The maximum absolute atomic E-state index is 13.9. The third kappa shape index (κ3) is 8.46. The second-order valence-corrected chi connectivity index (χ2v) is 12.3. The zero-order valence-electron chi connectivity index (χ0n) is 23.8. The normalized spacial score (nSPS) is 12.1. The number of sulfonamides is 1. The molecule has 3 aromatic carbocycles. The van der Waals surface area contributed by atoms with Crippen LogP contribution in [-0.2, 0) is 26.2 Å². The van der Waals surface area contributed by atoms with Crippen LogP contribution in [-0.4, -0.2) is 56.6 Å². The predicted octanol–water partition coefficient (Wildman–Crippen LogP) is 5.08. The van der Waals surface area contributed by atoms with Crippen LogP contribution in [0.25, 0.3) is 0 Å². The van der Waals surface area contributed by atoms with E-state index in [4.69, 9.17) is 4.74 Å². The number of hydrogen-bond donors (Lipinski definition) is 1. The highest BCUT2D eigenvalue weighted by Crippen LogP contribution is 2.28. The van der Waals surface area contributed by atoms with Crippen LogP contribution in [0.15, 0.2) is 82.6 Å². The van der Waals surface area contributed by atoms with E-state index in [2.05, 4.69) is 5.32 Å². The number of amides is 2. The second kappa shape index (κ2) is 14.4. The first-order valence-corrected chi connectivity index (χ1v) is 15.9. The van der Waals surface area contributed by atoms with Crippen molar-refractivity contribution in [3.63, 3.8) is 0 Å². The summed E-state index contributed by atoms with van der Waals surface area (Å²) in [5.41, 5.74) is 0.851. The van der Waals surface area contributed by atoms with Crippen LogP contribution in [0.3, 0.4) is 0 Å². The highest BCUT2D eigenvalue weighted by Gasteiger charge is 2.32. The van der Waals surface area contributed by atoms with E-state index < -0.39 is 40.2 Å². The number of ether oxygens (including phenoxy) is 1. The number of thioether (sulfide) groups is 1. The molecule has 2 amide bonds. The third-order valence-electron chi connectivity index (χ3n) is 6.23. The Hall–Kier alpha value is -3.57. The van der Waals surface area contributed by atoms with Crippen molar-refractivity contribution in [2.24, 2.45) is 0 Å². The molecular weight excluding hydrogens is 565 g/mol. The lowest BCUT2D eigenvalue weighted by molar-refractivity contribution is -0.139. The van der Waals surface area contributed by atoms with Gasteiger partial charge in [0.05, 0.1) is 17.2 Å². The lowest BCUT2D eigenvalue weighted by atomic mass is 10.1. The molecule has 0 aliphatic rings. The maximum Gasteiger partial charge on any atom is 0.264 e. The Morgan fingerprint density at radius 3 is 2.10 bits per heavy atom. The molecule has 0 heterocycles. The molecule has 0 aliphatic carbocycles. The molecule has 1 unspecified atom stereocenters. The van der Waals surface area contributed by atoms with Gasteiger partial charge in [0.15, 0.2) is 0 Å². The van der Waals surface area contributed by atoms with Crippen molar-refractivity contribution in [1.29, 1.82) is 0 Å². The summed E-state index contributed by atoms with van der Waals surface area (Å²) in [6.45, 7) is 6.88. The second-order valence-electron chi connectivity index (χ2n) is 9.60. The molecule has 3 rings (SSSR count). The number of carbonyl (C=O) groups is 2. The Bertz CT molecular complexity index is 1410. The third-order valence-corrected chi connectivity index (χ3v) is 8.76. The van der Waals surface area contributed by atoms with Crippen LogP contribution < -0.4 is 14.4 Å². The highest BCUT2D eigenvalue weighted by molar-refractivity contribution is 7.98. The molecule has 1 N–H and O–H groups in total. The lowest BCUT2D eigenvalue weighted by Crippen LogP contribution is -2.52. The van der Waals surface area contributed by atoms with Crippen molar-refractivity contribution in [1.82, 2.24) is 10.2 Å². The smallest absolute Gasteiger partial charge is 0.264 e. The van der Waals surface area contributed by atoms with E-state index >= 15 is 0 Å². The Kier molecular flexibility index (Phi) is 11.2. The Morgan fingerprint density at radius 2 is 1.56 bits per heavy atom. The van der Waals surface area contributed by atoms with Gasteiger partial charge in [0.2, 0.25) is 11.8 Å². The molecule has 0 saturated heterocycles. The maximum atomic E-state index is 13.9. The Morgan fingerprint density at radius 1 is 0.951 bits per heavy atom. The summed E-state index contributed by atoms with van der Waals surface area (Å²) < 4.78 is 48.0. The van der Waals surface area contributed by atoms with Gasteiger partial charge in [-0.25, -0.2) is 12.8 Å². The molecule has 0 spiro atoms. The van der Waals surface area contributed by atoms with Crippen LogP contribution in [0.5, 0.6) is 5.75 Å². The molecule has 1 atom stereocenters. The number of benzene rings is 3. The lowest BCUT2D eigenvalue weighted by Gasteiger charge is -2.32. The van der Waals surface area contributed by atoms with Crippen LogP contribution in [0.4, 0.5) is 10.1 Å². The average molecular weight is 602 g/mol. The number of carbonyl (C=O) groups excluding carboxylic acids is 2. The average Bonchev–Trinajstić information content (AvgIpc) is 2.95. The molecule has 3 aromatic rings. The molecule has 8 nitrogen and oxygen atoms in total. The molecule has 220 valence electrons. The van der Waals surface area contributed by atoms with Gasteiger partial charge in [0.25, 0.3) is 10.0 Å². The van der Waals surface area contributed by atoms with E-state index in [0.29, 0.717) is 17.9 Å². The van der Waals surface area contributed by atoms with Crippen molar-refractivity contribution in [2.45, 2.75) is 56.1 Å². The number of anilines is 1. The molecule has 0 fully saturated rings. The molecule has 0 bridgehead atoms. The minimum atomic E-state index is -4.19. The van der Waals surface area contributed by atoms with Crippen LogP contribution in [0, 0.1) is 5.82 Å². The first-order chi connectivity index (χ1) is 19.5. The summed E-state index contributed by atoms with van der Waals surface area (Å²) in [5.74, 6) is -0.865. The summed E-state index contributed by atoms with van der Waals surface area (Å²) in [5, 5.41) is 2.80. The molecular formula is C30H36FN3O5S2. The van der Waals surface area contributed by atoms with E-state index in [-0.39, 0.29) is 23.2 Å². The number of halogens is 1. The van der Waals surface area contributed by atoms with E-state index in [1.807, 2.05) is 13.2 Å². The van der Waals surface area contributed by atoms with Crippen LogP contribution in [0.2, 0.25) is 0 Å². The Balaban J connectivity index is 2.03. The summed E-state index contributed by atoms with van der Waals surface area (Å²) in [4.78, 5) is 29.1. The predicted molar refractivity (Wildman–Crippen MR) is 160 cm³/mol. The molecule has 0 radical (unpaired) electrons. The fourth-order valence-electron chi connectivity index (χ4n) is 4.05. The van der Waals surface area contributed by atoms with Gasteiger partial charge in [-0.05, 0) is 100 Å². The quantitative estimate of drug-likeness (QED) is 0.275. The zero-order valence-corrected chi connectivity index (χ0v) is 25.5. The minimum Gasteiger partial charge on any atom is -0.494 e. The molecule has 11 heteroatoms. The number of nitrogens with one attached hydrogen (secondary N) is 1. The van der Waals surface area contributed by atoms with E-state index in [1.165, 1.54) is 53.1 Å². The SMILES string of the molecule is CCOc1ccc(N(CC(=O)N(Cc2ccc(F)cc2)C(C)C(=O)NC(C)C)S(=O)(=O)c2ccc(SC)cc2)cc1. The van der Waals surface area contributed by atoms with Crippen molar-refractivity contribution >= 4 is 39.3 Å². The van der Waals surface area contributed by atoms with Crippen LogP contribution in [0.1, 0.15) is 33.3 Å². The summed E-state index contributed by atoms with van der Waals surface area (Å²) in [7, 11) is -4.19. The van der Waals surface area contributed by atoms with Gasteiger partial charge in [0.1, 0.15) is 24.2 Å². The van der Waals surface area contributed by atoms with Crippen molar-refractivity contribution in [2.75, 3.05) is 23.7 Å². The van der Waals surface area contributed by atoms with Gasteiger partial charge in [-0.3, -0.25) is 13.9 Å². The summed E-state index contributed by atoms with van der Waals surface area (Å²) >= 11 is 1.48. The van der Waals surface area contributed by atoms with Crippen molar-refractivity contribution in [3.05, 3.63) is 84.2 Å². The zero-order chi connectivity index (χ0) is 30.2. The molecule has 0 aromatic heterocycles. The van der Waals surface area contributed by atoms with Gasteiger partial charge < -0.3 is 15.0 Å². The van der Waals surface area contributed by atoms with E-state index in [0.717, 1.165) is 9.20 Å². The summed E-state index contributed by atoms with van der Waals surface area (Å²) in [6.07, 6.45) is 1.89. The Labute approximate surface area is 245 Å². The first kappa shape index (κ1) is 32.0. The van der Waals surface area contributed by atoms with Crippen molar-refractivity contribution in [3.8, 4) is 5.75 Å². The largest absolute Gasteiger partial charge is 0.494 e. The first-order valence-electron chi connectivity index (χ1n) is 13.2. The molecule has 0 aliphatic heterocycles. The number of hydrogen-bond acceptors (Lipinski definition) is 6. The topological polar surface area (TPSA) is 96.0 Å². The fourth-order valence-corrected chi connectivity index (χ4v) is 5.88. The van der Waals surface area contributed by atoms with Gasteiger partial charge >= 0.3 is 0 Å². The standard InChI is InChI=1S/C30H36FN3O5S2/c1-6-39-26-13-11-25(12-14-26)34(41(37,38)28-17-15-27(40-5)16-18-28)20-29(35)33(22(4)30(36)32-21(2)3)19-23-7-9-24(31)10-8-23/h7-18,21-22H,6,19-20H2,1-5H3,(H,32,36). The molecule has 0 saturated carbocycles. The van der Waals surface area contributed by atoms with Gasteiger partial charge in [-0.1, -0.05) is 12.1 Å². The van der Waals surface area contributed by atoms with E-state index in [9.17, 15) is 22.4 Å². The van der Waals surface area contributed by atoms with E-state index in [1.54, 1.807) is 57.2 Å². The minimum absolute atomic E-state index is 0.0210. The summed E-state index contributed by atoms with van der Waals surface area (Å²) in [6, 6.07) is 17.3. The van der Waals surface area contributed by atoms with Crippen LogP contribution >= 0.6 is 11.8 Å². The van der Waals surface area contributed by atoms with Gasteiger partial charge in [-0.2, -0.15) is 0 Å². The van der Waals surface area contributed by atoms with Gasteiger partial charge in [0, 0.05) is 17.5 Å². The fraction of sp³-hybridized carbons (Fsp3) is 0.333. The van der Waals surface area contributed by atoms with Crippen molar-refractivity contribution < 1.29 is 27.1 Å². The monoisotopic (exact) mass is 601 g/mol. The number of rotatable bonds is 13. The van der Waals surface area contributed by atoms with Gasteiger partial charge in [-0.15, -0.1) is 11.8 Å². The number of nitrogens with zero attached hydrogens (tertiary/aromatic N) is 2. The highest BCUT2D eigenvalue weighted by atomic mass is 32.2. The molecule has 41 heavy (non-hydrogen) atoms.